The fraction of sp³-hybridized carbons (Fsp3) is 0.424. The van der Waals surface area contributed by atoms with Crippen LogP contribution in [0.2, 0.25) is 0 Å². The molecule has 0 spiro atoms. The first-order valence-corrected chi connectivity index (χ1v) is 14.9. The van der Waals surface area contributed by atoms with Gasteiger partial charge in [-0.15, -0.1) is 0 Å². The molecule has 0 aromatic heterocycles. The molecule has 3 aliphatic rings. The summed E-state index contributed by atoms with van der Waals surface area (Å²) in [6, 6.07) is 20.1. The lowest BCUT2D eigenvalue weighted by molar-refractivity contribution is -0.137. The number of nitrogens with one attached hydrogen (secondary N) is 2. The van der Waals surface area contributed by atoms with E-state index in [9.17, 15) is 18.0 Å². The number of alkyl halides is 3. The maximum Gasteiger partial charge on any atom is 0.416 e. The van der Waals surface area contributed by atoms with Crippen molar-refractivity contribution in [1.82, 2.24) is 14.7 Å². The first kappa shape index (κ1) is 29.3. The summed E-state index contributed by atoms with van der Waals surface area (Å²) in [6.45, 7) is 6.11. The molecule has 2 N–H and O–H groups in total. The van der Waals surface area contributed by atoms with Crippen molar-refractivity contribution in [2.75, 3.05) is 57.0 Å². The zero-order valence-corrected chi connectivity index (χ0v) is 24.4. The van der Waals surface area contributed by atoms with E-state index in [0.717, 1.165) is 67.3 Å². The van der Waals surface area contributed by atoms with Gasteiger partial charge in [0.2, 0.25) is 0 Å². The van der Waals surface area contributed by atoms with Gasteiger partial charge in [0.15, 0.2) is 6.17 Å². The highest BCUT2D eigenvalue weighted by molar-refractivity contribution is 5.93. The predicted octanol–water partition coefficient (Wildman–Crippen LogP) is 5.60. The number of rotatable bonds is 7. The highest BCUT2D eigenvalue weighted by Gasteiger charge is 2.33. The number of anilines is 2. The maximum absolute atomic E-state index is 13.3. The van der Waals surface area contributed by atoms with Crippen LogP contribution < -0.4 is 15.4 Å². The number of ether oxygens (including phenoxy) is 1. The second kappa shape index (κ2) is 12.5. The van der Waals surface area contributed by atoms with E-state index < -0.39 is 17.9 Å². The van der Waals surface area contributed by atoms with Crippen LogP contribution in [0.4, 0.5) is 24.5 Å². The molecular weight excluding hydrogens is 555 g/mol. The van der Waals surface area contributed by atoms with Gasteiger partial charge in [-0.05, 0) is 84.9 Å². The van der Waals surface area contributed by atoms with Crippen LogP contribution in [0, 0.1) is 0 Å². The minimum Gasteiger partial charge on any atom is -0.497 e. The third-order valence-electron chi connectivity index (χ3n) is 8.89. The number of piperazine rings is 1. The van der Waals surface area contributed by atoms with Crippen molar-refractivity contribution in [2.45, 2.75) is 44.2 Å². The SMILES string of the molecule is COc1ccc(CN2CCC(c3ccc4c(c3)NC(C(=O)N3CCN(Cc5ccc(C(F)(F)F)cc5)CC3)N4)CC2)cc1. The molecular formula is C33H38F3N5O2. The average Bonchev–Trinajstić information content (AvgIpc) is 3.45. The van der Waals surface area contributed by atoms with Gasteiger partial charge in [-0.2, -0.15) is 13.2 Å². The summed E-state index contributed by atoms with van der Waals surface area (Å²) in [5, 5.41) is 6.75. The van der Waals surface area contributed by atoms with Crippen LogP contribution in [0.1, 0.15) is 41.0 Å². The van der Waals surface area contributed by atoms with E-state index in [-0.39, 0.29) is 5.91 Å². The molecule has 1 atom stereocenters. The van der Waals surface area contributed by atoms with Gasteiger partial charge in [0.1, 0.15) is 5.75 Å². The van der Waals surface area contributed by atoms with Crippen LogP contribution >= 0.6 is 0 Å². The van der Waals surface area contributed by atoms with E-state index in [0.29, 0.717) is 38.6 Å². The number of piperidine rings is 1. The third-order valence-corrected chi connectivity index (χ3v) is 8.89. The molecule has 3 aromatic rings. The molecule has 1 amide bonds. The average molecular weight is 594 g/mol. The number of halogens is 3. The summed E-state index contributed by atoms with van der Waals surface area (Å²) in [5.41, 5.74) is 4.71. The van der Waals surface area contributed by atoms with Gasteiger partial charge in [-0.3, -0.25) is 14.6 Å². The van der Waals surface area contributed by atoms with Gasteiger partial charge in [0, 0.05) is 39.3 Å². The summed E-state index contributed by atoms with van der Waals surface area (Å²) in [6.07, 6.45) is -2.63. The molecule has 0 radical (unpaired) electrons. The van der Waals surface area contributed by atoms with Crippen LogP contribution in [-0.2, 0) is 24.1 Å². The largest absolute Gasteiger partial charge is 0.497 e. The van der Waals surface area contributed by atoms with E-state index in [1.807, 2.05) is 17.0 Å². The second-order valence-electron chi connectivity index (χ2n) is 11.7. The van der Waals surface area contributed by atoms with Crippen molar-refractivity contribution in [3.05, 3.63) is 89.0 Å². The van der Waals surface area contributed by atoms with Gasteiger partial charge in [0.25, 0.3) is 5.91 Å². The van der Waals surface area contributed by atoms with Crippen molar-refractivity contribution < 1.29 is 22.7 Å². The molecule has 3 heterocycles. The first-order valence-electron chi connectivity index (χ1n) is 14.9. The van der Waals surface area contributed by atoms with Crippen molar-refractivity contribution in [2.24, 2.45) is 0 Å². The first-order chi connectivity index (χ1) is 20.7. The van der Waals surface area contributed by atoms with Gasteiger partial charge in [-0.25, -0.2) is 0 Å². The highest BCUT2D eigenvalue weighted by atomic mass is 19.4. The summed E-state index contributed by atoms with van der Waals surface area (Å²) in [4.78, 5) is 19.9. The number of carbonyl (C=O) groups is 1. The molecule has 2 saturated heterocycles. The Kier molecular flexibility index (Phi) is 8.50. The normalized spacial score (nSPS) is 19.9. The minimum atomic E-state index is -4.33. The van der Waals surface area contributed by atoms with E-state index in [4.69, 9.17) is 4.74 Å². The molecule has 1 unspecified atom stereocenters. The number of hydrogen-bond acceptors (Lipinski definition) is 6. The Morgan fingerprint density at radius 2 is 1.37 bits per heavy atom. The Morgan fingerprint density at radius 3 is 1.98 bits per heavy atom. The second-order valence-corrected chi connectivity index (χ2v) is 11.7. The monoisotopic (exact) mass is 593 g/mol. The standard InChI is InChI=1S/C33H38F3N5O2/c1-43-28-9-4-24(5-10-28)21-39-14-12-25(13-15-39)26-6-11-29-30(20-26)38-31(37-29)32(42)41-18-16-40(17-19-41)22-23-2-7-27(8-3-23)33(34,35)36/h2-11,20,25,31,37-38H,12-19,21-22H2,1H3. The summed E-state index contributed by atoms with van der Waals surface area (Å²) in [7, 11) is 1.68. The smallest absolute Gasteiger partial charge is 0.416 e. The van der Waals surface area contributed by atoms with Gasteiger partial charge in [0.05, 0.1) is 24.0 Å². The molecule has 2 fully saturated rings. The van der Waals surface area contributed by atoms with E-state index in [2.05, 4.69) is 50.8 Å². The van der Waals surface area contributed by atoms with Gasteiger partial charge in [-0.1, -0.05) is 30.3 Å². The van der Waals surface area contributed by atoms with E-state index in [1.54, 1.807) is 7.11 Å². The minimum absolute atomic E-state index is 0.0128. The number of nitrogens with zero attached hydrogens (tertiary/aromatic N) is 3. The quantitative estimate of drug-likeness (QED) is 0.372. The van der Waals surface area contributed by atoms with Crippen LogP contribution in [0.15, 0.2) is 66.7 Å². The van der Waals surface area contributed by atoms with Crippen LogP contribution in [0.3, 0.4) is 0 Å². The molecule has 0 saturated carbocycles. The Hall–Kier alpha value is -3.76. The zero-order valence-electron chi connectivity index (χ0n) is 24.4. The molecule has 43 heavy (non-hydrogen) atoms. The van der Waals surface area contributed by atoms with Gasteiger partial charge < -0.3 is 20.3 Å². The van der Waals surface area contributed by atoms with Crippen LogP contribution in [0.25, 0.3) is 0 Å². The molecule has 0 bridgehead atoms. The molecule has 3 aliphatic heterocycles. The Labute approximate surface area is 250 Å². The summed E-state index contributed by atoms with van der Waals surface area (Å²) in [5.74, 6) is 1.38. The molecule has 10 heteroatoms. The Bertz CT molecular complexity index is 1400. The number of carbonyl (C=O) groups excluding carboxylic acids is 1. The predicted molar refractivity (Wildman–Crippen MR) is 161 cm³/mol. The van der Waals surface area contributed by atoms with Crippen molar-refractivity contribution in [3.8, 4) is 5.75 Å². The van der Waals surface area contributed by atoms with E-state index >= 15 is 0 Å². The van der Waals surface area contributed by atoms with Gasteiger partial charge >= 0.3 is 6.18 Å². The van der Waals surface area contributed by atoms with Crippen molar-refractivity contribution in [1.29, 1.82) is 0 Å². The number of amides is 1. The molecule has 3 aromatic carbocycles. The number of benzene rings is 3. The summed E-state index contributed by atoms with van der Waals surface area (Å²) < 4.78 is 43.8. The highest BCUT2D eigenvalue weighted by Crippen LogP contribution is 2.36. The molecule has 0 aliphatic carbocycles. The maximum atomic E-state index is 13.3. The lowest BCUT2D eigenvalue weighted by atomic mass is 9.89. The number of hydrogen-bond donors (Lipinski definition) is 2. The Morgan fingerprint density at radius 1 is 0.791 bits per heavy atom. The molecule has 6 rings (SSSR count). The fourth-order valence-corrected chi connectivity index (χ4v) is 6.31. The number of fused-ring (bicyclic) bond motifs is 1. The van der Waals surface area contributed by atoms with Crippen molar-refractivity contribution in [3.63, 3.8) is 0 Å². The fourth-order valence-electron chi connectivity index (χ4n) is 6.31. The molecule has 7 nitrogen and oxygen atoms in total. The third kappa shape index (κ3) is 6.91. The van der Waals surface area contributed by atoms with E-state index in [1.165, 1.54) is 23.3 Å². The van der Waals surface area contributed by atoms with Crippen LogP contribution in [0.5, 0.6) is 5.75 Å². The van der Waals surface area contributed by atoms with Crippen LogP contribution in [-0.4, -0.2) is 73.2 Å². The Balaban J connectivity index is 0.967. The lowest BCUT2D eigenvalue weighted by Crippen LogP contribution is -2.53. The van der Waals surface area contributed by atoms with Crippen molar-refractivity contribution >= 4 is 17.3 Å². The lowest BCUT2D eigenvalue weighted by Gasteiger charge is -2.36. The number of likely N-dealkylation sites (tertiary alicyclic amines) is 1. The summed E-state index contributed by atoms with van der Waals surface area (Å²) >= 11 is 0. The topological polar surface area (TPSA) is 60.1 Å². The zero-order chi connectivity index (χ0) is 30.0. The molecule has 228 valence electrons. The number of methoxy groups -OCH3 is 1.